The van der Waals surface area contributed by atoms with Crippen LogP contribution in [0.3, 0.4) is 0 Å². The molecule has 0 fully saturated rings. The Hall–Kier alpha value is -1.55. The lowest BCUT2D eigenvalue weighted by Gasteiger charge is -2.21. The molecular weight excluding hydrogens is 226 g/mol. The van der Waals surface area contributed by atoms with Gasteiger partial charge in [-0.3, -0.25) is 0 Å². The van der Waals surface area contributed by atoms with E-state index in [1.807, 2.05) is 0 Å². The molecule has 18 heavy (non-hydrogen) atoms. The van der Waals surface area contributed by atoms with Gasteiger partial charge >= 0.3 is 0 Å². The minimum Gasteiger partial charge on any atom is -0.474 e. The van der Waals surface area contributed by atoms with Crippen LogP contribution in [0, 0.1) is 0 Å². The molecule has 4 nitrogen and oxygen atoms in total. The van der Waals surface area contributed by atoms with E-state index in [2.05, 4.69) is 40.8 Å². The Morgan fingerprint density at radius 1 is 1.33 bits per heavy atom. The zero-order valence-corrected chi connectivity index (χ0v) is 10.7. The maximum Gasteiger partial charge on any atom is 0.233 e. The van der Waals surface area contributed by atoms with Gasteiger partial charge in [0, 0.05) is 13.1 Å². The molecule has 3 aliphatic heterocycles. The first-order valence-corrected chi connectivity index (χ1v) is 6.59. The average molecular weight is 245 g/mol. The summed E-state index contributed by atoms with van der Waals surface area (Å²) in [4.78, 5) is 4.46. The monoisotopic (exact) mass is 245 g/mol. The van der Waals surface area contributed by atoms with Crippen LogP contribution in [0.5, 0.6) is 0 Å². The van der Waals surface area contributed by atoms with Crippen molar-refractivity contribution in [2.45, 2.75) is 19.4 Å². The summed E-state index contributed by atoms with van der Waals surface area (Å²) in [5, 5.41) is 6.74. The van der Waals surface area contributed by atoms with Gasteiger partial charge in [0.25, 0.3) is 0 Å². The van der Waals surface area contributed by atoms with Gasteiger partial charge in [-0.05, 0) is 37.1 Å². The molecule has 0 aromatic rings. The van der Waals surface area contributed by atoms with Crippen LogP contribution < -0.4 is 10.6 Å². The number of allylic oxidation sites excluding steroid dienone is 2. The molecule has 3 rings (SSSR count). The molecule has 96 valence electrons. The first-order valence-electron chi connectivity index (χ1n) is 6.59. The van der Waals surface area contributed by atoms with E-state index < -0.39 is 0 Å². The third-order valence-corrected chi connectivity index (χ3v) is 3.43. The van der Waals surface area contributed by atoms with Crippen molar-refractivity contribution in [1.82, 2.24) is 10.6 Å². The second kappa shape index (κ2) is 4.98. The highest BCUT2D eigenvalue weighted by Crippen LogP contribution is 2.20. The van der Waals surface area contributed by atoms with Crippen molar-refractivity contribution in [3.63, 3.8) is 0 Å². The van der Waals surface area contributed by atoms with Crippen molar-refractivity contribution < 1.29 is 4.74 Å². The third kappa shape index (κ3) is 2.34. The summed E-state index contributed by atoms with van der Waals surface area (Å²) in [6, 6.07) is 0.278. The fourth-order valence-electron chi connectivity index (χ4n) is 2.40. The molecule has 3 aliphatic rings. The molecular formula is C14H19N3O. The summed E-state index contributed by atoms with van der Waals surface area (Å²) in [5.41, 5.74) is 3.85. The molecule has 0 aromatic carbocycles. The minimum absolute atomic E-state index is 0.278. The Bertz CT molecular complexity index is 442. The number of aliphatic imine (C=N–C) groups is 1. The van der Waals surface area contributed by atoms with Crippen molar-refractivity contribution in [2.75, 3.05) is 26.2 Å². The molecule has 3 heterocycles. The topological polar surface area (TPSA) is 45.6 Å². The van der Waals surface area contributed by atoms with Gasteiger partial charge in [0.05, 0.1) is 11.7 Å². The van der Waals surface area contributed by atoms with Crippen LogP contribution in [0.4, 0.5) is 0 Å². The Labute approximate surface area is 108 Å². The average Bonchev–Trinajstić information content (AvgIpc) is 2.87. The zero-order chi connectivity index (χ0) is 12.4. The fraction of sp³-hybridized carbons (Fsp3) is 0.500. The Morgan fingerprint density at radius 2 is 2.28 bits per heavy atom. The second-order valence-electron chi connectivity index (χ2n) is 4.90. The normalized spacial score (nSPS) is 27.5. The molecule has 0 radical (unpaired) electrons. The van der Waals surface area contributed by atoms with Crippen LogP contribution in [-0.2, 0) is 4.74 Å². The van der Waals surface area contributed by atoms with Crippen molar-refractivity contribution in [1.29, 1.82) is 0 Å². The molecule has 0 spiro atoms. The van der Waals surface area contributed by atoms with Gasteiger partial charge in [0.15, 0.2) is 0 Å². The number of ether oxygens (including phenoxy) is 1. The highest BCUT2D eigenvalue weighted by Gasteiger charge is 2.20. The smallest absolute Gasteiger partial charge is 0.233 e. The van der Waals surface area contributed by atoms with Gasteiger partial charge in [0.1, 0.15) is 6.61 Å². The van der Waals surface area contributed by atoms with Gasteiger partial charge in [-0.1, -0.05) is 12.2 Å². The third-order valence-electron chi connectivity index (χ3n) is 3.43. The van der Waals surface area contributed by atoms with Crippen LogP contribution >= 0.6 is 0 Å². The van der Waals surface area contributed by atoms with Gasteiger partial charge in [0.2, 0.25) is 5.90 Å². The van der Waals surface area contributed by atoms with E-state index in [1.165, 1.54) is 11.1 Å². The first kappa shape index (κ1) is 11.5. The summed E-state index contributed by atoms with van der Waals surface area (Å²) in [5.74, 6) is 0.761. The molecule has 4 heteroatoms. The van der Waals surface area contributed by atoms with Gasteiger partial charge in [-0.2, -0.15) is 0 Å². The first-order chi connectivity index (χ1) is 8.83. The maximum absolute atomic E-state index is 5.55. The van der Waals surface area contributed by atoms with E-state index >= 15 is 0 Å². The van der Waals surface area contributed by atoms with Gasteiger partial charge in [-0.15, -0.1) is 0 Å². The highest BCUT2D eigenvalue weighted by molar-refractivity contribution is 5.94. The van der Waals surface area contributed by atoms with E-state index in [9.17, 15) is 0 Å². The Balaban J connectivity index is 1.74. The van der Waals surface area contributed by atoms with Crippen molar-refractivity contribution in [3.8, 4) is 0 Å². The molecule has 0 saturated heterocycles. The summed E-state index contributed by atoms with van der Waals surface area (Å²) in [6.07, 6.45) is 7.67. The number of nitrogens with zero attached hydrogens (tertiary/aromatic N) is 1. The number of hydrogen-bond acceptors (Lipinski definition) is 4. The summed E-state index contributed by atoms with van der Waals surface area (Å²) < 4.78 is 5.55. The van der Waals surface area contributed by atoms with Crippen molar-refractivity contribution in [3.05, 3.63) is 35.1 Å². The minimum atomic E-state index is 0.278. The largest absolute Gasteiger partial charge is 0.474 e. The molecule has 2 N–H and O–H groups in total. The quantitative estimate of drug-likeness (QED) is 0.767. The Kier molecular flexibility index (Phi) is 3.19. The van der Waals surface area contributed by atoms with Crippen LogP contribution in [-0.4, -0.2) is 38.2 Å². The molecule has 0 aliphatic carbocycles. The molecule has 0 saturated carbocycles. The van der Waals surface area contributed by atoms with Crippen LogP contribution in [0.25, 0.3) is 0 Å². The van der Waals surface area contributed by atoms with E-state index in [4.69, 9.17) is 4.74 Å². The van der Waals surface area contributed by atoms with Gasteiger partial charge in [-0.25, -0.2) is 4.99 Å². The molecule has 0 aromatic heterocycles. The van der Waals surface area contributed by atoms with E-state index in [1.54, 1.807) is 0 Å². The molecule has 0 bridgehead atoms. The van der Waals surface area contributed by atoms with Crippen molar-refractivity contribution in [2.24, 2.45) is 4.99 Å². The van der Waals surface area contributed by atoms with Crippen LogP contribution in [0.2, 0.25) is 0 Å². The van der Waals surface area contributed by atoms with Crippen LogP contribution in [0.1, 0.15) is 13.3 Å². The predicted octanol–water partition coefficient (Wildman–Crippen LogP) is 1.14. The Morgan fingerprint density at radius 3 is 2.89 bits per heavy atom. The maximum atomic E-state index is 5.55. The highest BCUT2D eigenvalue weighted by atomic mass is 16.5. The van der Waals surface area contributed by atoms with Gasteiger partial charge < -0.3 is 15.4 Å². The fourth-order valence-corrected chi connectivity index (χ4v) is 2.40. The van der Waals surface area contributed by atoms with E-state index in [0.29, 0.717) is 6.61 Å². The van der Waals surface area contributed by atoms with Crippen LogP contribution in [0.15, 0.2) is 40.1 Å². The summed E-state index contributed by atoms with van der Waals surface area (Å²) >= 11 is 0. The summed E-state index contributed by atoms with van der Waals surface area (Å²) in [7, 11) is 0. The van der Waals surface area contributed by atoms with E-state index in [0.717, 1.165) is 37.6 Å². The molecule has 0 amide bonds. The standard InChI is InChI=1S/C14H19N3O/c1-10-9-18-14(17-10)13-3-2-12(8-16-13)11-4-6-15-7-5-11/h2-4,10,15-16H,5-9H2,1H3/t10-/m0/s1. The molecule has 1 atom stereocenters. The lowest BCUT2D eigenvalue weighted by Crippen LogP contribution is -2.28. The number of nitrogens with one attached hydrogen (secondary N) is 2. The zero-order valence-electron chi connectivity index (χ0n) is 10.7. The van der Waals surface area contributed by atoms with Crippen molar-refractivity contribution >= 4 is 5.90 Å². The second-order valence-corrected chi connectivity index (χ2v) is 4.90. The SMILES string of the molecule is C[C@H]1COC(C2=CC=C(C3=CCNCC3)CN2)=N1. The predicted molar refractivity (Wildman–Crippen MR) is 72.6 cm³/mol. The van der Waals surface area contributed by atoms with E-state index in [-0.39, 0.29) is 6.04 Å². The molecule has 0 unspecified atom stereocenters. The number of dihydropyridines is 1. The lowest BCUT2D eigenvalue weighted by atomic mass is 9.98. The lowest BCUT2D eigenvalue weighted by molar-refractivity contribution is 0.321. The number of rotatable bonds is 2. The summed E-state index contributed by atoms with van der Waals surface area (Å²) in [6.45, 7) is 5.69. The number of hydrogen-bond donors (Lipinski definition) is 2.